The van der Waals surface area contributed by atoms with Gasteiger partial charge in [-0.25, -0.2) is 0 Å². The van der Waals surface area contributed by atoms with Crippen LogP contribution in [-0.4, -0.2) is 37.6 Å². The smallest absolute Gasteiger partial charge is 0.0397 e. The lowest BCUT2D eigenvalue weighted by Crippen LogP contribution is -2.50. The SMILES string of the molecule is Cc1ccc(N2CCN(C)[C@@H](C)C2)c(C)c1. The molecule has 1 aromatic carbocycles. The molecule has 1 aliphatic heterocycles. The van der Waals surface area contributed by atoms with Crippen LogP contribution in [0.4, 0.5) is 5.69 Å². The molecule has 1 fully saturated rings. The second-order valence-corrected chi connectivity index (χ2v) is 5.07. The monoisotopic (exact) mass is 218 g/mol. The van der Waals surface area contributed by atoms with Crippen molar-refractivity contribution in [3.05, 3.63) is 29.3 Å². The molecule has 0 unspecified atom stereocenters. The lowest BCUT2D eigenvalue weighted by atomic mass is 10.1. The van der Waals surface area contributed by atoms with Crippen LogP contribution < -0.4 is 4.90 Å². The van der Waals surface area contributed by atoms with Gasteiger partial charge in [0.25, 0.3) is 0 Å². The highest BCUT2D eigenvalue weighted by Gasteiger charge is 2.21. The molecule has 1 atom stereocenters. The molecule has 2 heteroatoms. The number of hydrogen-bond acceptors (Lipinski definition) is 2. The van der Waals surface area contributed by atoms with Crippen LogP contribution in [0, 0.1) is 13.8 Å². The molecule has 0 bridgehead atoms. The minimum Gasteiger partial charge on any atom is -0.368 e. The van der Waals surface area contributed by atoms with E-state index >= 15 is 0 Å². The molecule has 0 spiro atoms. The number of likely N-dealkylation sites (N-methyl/N-ethyl adjacent to an activating group) is 1. The van der Waals surface area contributed by atoms with Gasteiger partial charge in [-0.2, -0.15) is 0 Å². The van der Waals surface area contributed by atoms with Crippen molar-refractivity contribution in [2.45, 2.75) is 26.8 Å². The van der Waals surface area contributed by atoms with Crippen molar-refractivity contribution in [1.82, 2.24) is 4.90 Å². The number of hydrogen-bond donors (Lipinski definition) is 0. The third-order valence-electron chi connectivity index (χ3n) is 3.65. The Morgan fingerprint density at radius 3 is 2.56 bits per heavy atom. The van der Waals surface area contributed by atoms with Crippen LogP contribution in [0.2, 0.25) is 0 Å². The first-order valence-corrected chi connectivity index (χ1v) is 6.10. The van der Waals surface area contributed by atoms with Crippen molar-refractivity contribution >= 4 is 5.69 Å². The van der Waals surface area contributed by atoms with E-state index in [-0.39, 0.29) is 0 Å². The summed E-state index contributed by atoms with van der Waals surface area (Å²) in [7, 11) is 2.21. The lowest BCUT2D eigenvalue weighted by Gasteiger charge is -2.39. The van der Waals surface area contributed by atoms with Crippen LogP contribution >= 0.6 is 0 Å². The Bertz CT molecular complexity index is 373. The zero-order valence-corrected chi connectivity index (χ0v) is 10.8. The Labute approximate surface area is 98.9 Å². The van der Waals surface area contributed by atoms with Crippen LogP contribution in [-0.2, 0) is 0 Å². The van der Waals surface area contributed by atoms with Crippen LogP contribution in [0.3, 0.4) is 0 Å². The molecule has 1 saturated heterocycles. The summed E-state index contributed by atoms with van der Waals surface area (Å²) in [6, 6.07) is 7.40. The minimum absolute atomic E-state index is 0.648. The Balaban J connectivity index is 2.18. The Kier molecular flexibility index (Phi) is 3.20. The van der Waals surface area contributed by atoms with Gasteiger partial charge in [0.2, 0.25) is 0 Å². The van der Waals surface area contributed by atoms with E-state index in [4.69, 9.17) is 0 Å². The van der Waals surface area contributed by atoms with Gasteiger partial charge in [-0.05, 0) is 39.4 Å². The Hall–Kier alpha value is -1.02. The largest absolute Gasteiger partial charge is 0.368 e. The van der Waals surface area contributed by atoms with Gasteiger partial charge in [0.15, 0.2) is 0 Å². The molecular formula is C14H22N2. The maximum Gasteiger partial charge on any atom is 0.0397 e. The fraction of sp³-hybridized carbons (Fsp3) is 0.571. The predicted molar refractivity (Wildman–Crippen MR) is 70.2 cm³/mol. The van der Waals surface area contributed by atoms with E-state index in [2.05, 4.69) is 55.8 Å². The molecule has 1 aliphatic rings. The average Bonchev–Trinajstić information content (AvgIpc) is 2.22. The van der Waals surface area contributed by atoms with Crippen molar-refractivity contribution in [3.8, 4) is 0 Å². The molecule has 88 valence electrons. The fourth-order valence-corrected chi connectivity index (χ4v) is 2.43. The van der Waals surface area contributed by atoms with Gasteiger partial charge in [0.05, 0.1) is 0 Å². The summed E-state index contributed by atoms with van der Waals surface area (Å²) in [5.74, 6) is 0. The molecule has 0 amide bonds. The standard InChI is InChI=1S/C14H22N2/c1-11-5-6-14(12(2)9-11)16-8-7-15(4)13(3)10-16/h5-6,9,13H,7-8,10H2,1-4H3/t13-/m0/s1. The van der Waals surface area contributed by atoms with E-state index in [0.717, 1.165) is 19.6 Å². The number of nitrogens with zero attached hydrogens (tertiary/aromatic N) is 2. The van der Waals surface area contributed by atoms with Gasteiger partial charge in [0, 0.05) is 31.4 Å². The molecule has 0 saturated carbocycles. The predicted octanol–water partition coefficient (Wildman–Crippen LogP) is 2.44. The molecule has 1 heterocycles. The molecule has 16 heavy (non-hydrogen) atoms. The molecule has 2 rings (SSSR count). The first kappa shape index (κ1) is 11.5. The molecule has 0 aromatic heterocycles. The second-order valence-electron chi connectivity index (χ2n) is 5.07. The van der Waals surface area contributed by atoms with Crippen LogP contribution in [0.1, 0.15) is 18.1 Å². The molecule has 0 N–H and O–H groups in total. The summed E-state index contributed by atoms with van der Waals surface area (Å²) in [5.41, 5.74) is 4.16. The fourth-order valence-electron chi connectivity index (χ4n) is 2.43. The maximum atomic E-state index is 2.51. The third-order valence-corrected chi connectivity index (χ3v) is 3.65. The first-order chi connectivity index (χ1) is 7.58. The van der Waals surface area contributed by atoms with E-state index in [1.807, 2.05) is 0 Å². The van der Waals surface area contributed by atoms with Gasteiger partial charge < -0.3 is 9.80 Å². The quantitative estimate of drug-likeness (QED) is 0.714. The summed E-state index contributed by atoms with van der Waals surface area (Å²) >= 11 is 0. The van der Waals surface area contributed by atoms with Crippen LogP contribution in [0.15, 0.2) is 18.2 Å². The average molecular weight is 218 g/mol. The second kappa shape index (κ2) is 4.46. The number of piperazine rings is 1. The molecule has 1 aromatic rings. The zero-order valence-electron chi connectivity index (χ0n) is 10.8. The van der Waals surface area contributed by atoms with E-state index in [0.29, 0.717) is 6.04 Å². The van der Waals surface area contributed by atoms with Crippen molar-refractivity contribution in [2.75, 3.05) is 31.6 Å². The molecule has 2 nitrogen and oxygen atoms in total. The van der Waals surface area contributed by atoms with E-state index in [1.165, 1.54) is 16.8 Å². The normalized spacial score (nSPS) is 22.5. The van der Waals surface area contributed by atoms with E-state index in [9.17, 15) is 0 Å². The molecule has 0 aliphatic carbocycles. The number of aryl methyl sites for hydroxylation is 2. The Morgan fingerprint density at radius 1 is 1.19 bits per heavy atom. The lowest BCUT2D eigenvalue weighted by molar-refractivity contribution is 0.234. The van der Waals surface area contributed by atoms with Gasteiger partial charge in [-0.15, -0.1) is 0 Å². The minimum atomic E-state index is 0.648. The summed E-state index contributed by atoms with van der Waals surface area (Å²) in [6.45, 7) is 10.1. The third kappa shape index (κ3) is 2.22. The summed E-state index contributed by atoms with van der Waals surface area (Å²) < 4.78 is 0. The van der Waals surface area contributed by atoms with Crippen molar-refractivity contribution in [1.29, 1.82) is 0 Å². The maximum absolute atomic E-state index is 2.51. The first-order valence-electron chi connectivity index (χ1n) is 6.10. The van der Waals surface area contributed by atoms with Crippen LogP contribution in [0.5, 0.6) is 0 Å². The van der Waals surface area contributed by atoms with Crippen molar-refractivity contribution in [3.63, 3.8) is 0 Å². The summed E-state index contributed by atoms with van der Waals surface area (Å²) in [5, 5.41) is 0. The number of benzene rings is 1. The summed E-state index contributed by atoms with van der Waals surface area (Å²) in [6.07, 6.45) is 0. The van der Waals surface area contributed by atoms with Gasteiger partial charge in [-0.1, -0.05) is 17.7 Å². The number of rotatable bonds is 1. The summed E-state index contributed by atoms with van der Waals surface area (Å²) in [4.78, 5) is 4.94. The highest BCUT2D eigenvalue weighted by atomic mass is 15.3. The van der Waals surface area contributed by atoms with Gasteiger partial charge in [0.1, 0.15) is 0 Å². The van der Waals surface area contributed by atoms with Crippen LogP contribution in [0.25, 0.3) is 0 Å². The van der Waals surface area contributed by atoms with Crippen molar-refractivity contribution < 1.29 is 0 Å². The number of anilines is 1. The molecular weight excluding hydrogens is 196 g/mol. The highest BCUT2D eigenvalue weighted by molar-refractivity contribution is 5.54. The van der Waals surface area contributed by atoms with E-state index < -0.39 is 0 Å². The molecule has 0 radical (unpaired) electrons. The van der Waals surface area contributed by atoms with E-state index in [1.54, 1.807) is 0 Å². The van der Waals surface area contributed by atoms with Gasteiger partial charge >= 0.3 is 0 Å². The van der Waals surface area contributed by atoms with Gasteiger partial charge in [-0.3, -0.25) is 0 Å². The zero-order chi connectivity index (χ0) is 11.7. The van der Waals surface area contributed by atoms with Crippen molar-refractivity contribution in [2.24, 2.45) is 0 Å². The Morgan fingerprint density at radius 2 is 1.94 bits per heavy atom. The topological polar surface area (TPSA) is 6.48 Å². The highest BCUT2D eigenvalue weighted by Crippen LogP contribution is 2.23.